The molecular weight excluding hydrogens is 218 g/mol. The molecule has 0 saturated heterocycles. The van der Waals surface area contributed by atoms with Gasteiger partial charge >= 0.3 is 0 Å². The first-order chi connectivity index (χ1) is 8.77. The summed E-state index contributed by atoms with van der Waals surface area (Å²) < 4.78 is 0. The first-order valence-electron chi connectivity index (χ1n) is 7.09. The summed E-state index contributed by atoms with van der Waals surface area (Å²) in [6.07, 6.45) is 18.9. The number of allylic oxidation sites excluding steroid dienone is 7. The minimum atomic E-state index is 0.649. The molecule has 2 aliphatic carbocycles. The van der Waals surface area contributed by atoms with E-state index in [2.05, 4.69) is 30.9 Å². The van der Waals surface area contributed by atoms with Crippen LogP contribution in [0.25, 0.3) is 0 Å². The topological polar surface area (TPSA) is 23.9 Å². The van der Waals surface area contributed by atoms with Crippen LogP contribution >= 0.6 is 0 Å². The van der Waals surface area contributed by atoms with E-state index in [0.29, 0.717) is 11.6 Å². The van der Waals surface area contributed by atoms with E-state index in [9.17, 15) is 0 Å². The fraction of sp³-hybridized carbons (Fsp3) is 0.471. The molecule has 0 heterocycles. The predicted octanol–water partition coefficient (Wildman–Crippen LogP) is 4.98. The van der Waals surface area contributed by atoms with Gasteiger partial charge in [0.1, 0.15) is 0 Å². The summed E-state index contributed by atoms with van der Waals surface area (Å²) in [6.45, 7) is 4.18. The van der Waals surface area contributed by atoms with Gasteiger partial charge in [-0.05, 0) is 43.3 Å². The van der Waals surface area contributed by atoms with Crippen LogP contribution in [0.3, 0.4) is 0 Å². The van der Waals surface area contributed by atoms with Gasteiger partial charge in [-0.1, -0.05) is 55.7 Å². The van der Waals surface area contributed by atoms with Crippen LogP contribution < -0.4 is 0 Å². The van der Waals surface area contributed by atoms with Gasteiger partial charge in [-0.2, -0.15) is 0 Å². The smallest absolute Gasteiger partial charge is 0.0572 e. The predicted molar refractivity (Wildman–Crippen MR) is 79.0 cm³/mol. The molecule has 1 nitrogen and oxygen atoms in total. The first-order valence-corrected chi connectivity index (χ1v) is 7.09. The monoisotopic (exact) mass is 241 g/mol. The summed E-state index contributed by atoms with van der Waals surface area (Å²) in [5.74, 6) is 0.656. The van der Waals surface area contributed by atoms with Gasteiger partial charge in [0.15, 0.2) is 0 Å². The Hall–Kier alpha value is -1.37. The van der Waals surface area contributed by atoms with E-state index in [1.54, 1.807) is 0 Å². The molecule has 0 amide bonds. The van der Waals surface area contributed by atoms with E-state index in [-0.39, 0.29) is 0 Å². The van der Waals surface area contributed by atoms with Crippen molar-refractivity contribution in [2.45, 2.75) is 44.9 Å². The second kappa shape index (κ2) is 6.53. The summed E-state index contributed by atoms with van der Waals surface area (Å²) in [7, 11) is 0. The zero-order valence-corrected chi connectivity index (χ0v) is 11.1. The number of hydrogen-bond donors (Lipinski definition) is 1. The van der Waals surface area contributed by atoms with Gasteiger partial charge < -0.3 is 5.41 Å². The SMILES string of the molecule is C=C(/C=C\C(=N)C1=CC=CCC1)C1CCCCC1. The summed E-state index contributed by atoms with van der Waals surface area (Å²) in [6, 6.07) is 0. The maximum atomic E-state index is 8.06. The van der Waals surface area contributed by atoms with Crippen molar-refractivity contribution in [3.8, 4) is 0 Å². The van der Waals surface area contributed by atoms with Crippen molar-refractivity contribution in [1.82, 2.24) is 0 Å². The highest BCUT2D eigenvalue weighted by Crippen LogP contribution is 2.29. The molecule has 0 radical (unpaired) electrons. The number of hydrogen-bond acceptors (Lipinski definition) is 1. The molecule has 1 fully saturated rings. The van der Waals surface area contributed by atoms with Crippen molar-refractivity contribution in [1.29, 1.82) is 5.41 Å². The second-order valence-electron chi connectivity index (χ2n) is 5.32. The van der Waals surface area contributed by atoms with Gasteiger partial charge in [0.2, 0.25) is 0 Å². The Bertz CT molecular complexity index is 403. The van der Waals surface area contributed by atoms with Gasteiger partial charge in [-0.25, -0.2) is 0 Å². The molecule has 2 rings (SSSR count). The molecule has 96 valence electrons. The van der Waals surface area contributed by atoms with Crippen molar-refractivity contribution in [3.63, 3.8) is 0 Å². The highest BCUT2D eigenvalue weighted by molar-refractivity contribution is 6.06. The Labute approximate surface area is 110 Å². The summed E-state index contributed by atoms with van der Waals surface area (Å²) in [5.41, 5.74) is 3.01. The molecule has 0 aromatic carbocycles. The molecule has 2 aliphatic rings. The normalized spacial score (nSPS) is 21.0. The van der Waals surface area contributed by atoms with Crippen LogP contribution in [-0.4, -0.2) is 5.71 Å². The molecule has 1 saturated carbocycles. The molecule has 0 unspecified atom stereocenters. The summed E-state index contributed by atoms with van der Waals surface area (Å²) in [5, 5.41) is 8.06. The van der Waals surface area contributed by atoms with Crippen LogP contribution in [0, 0.1) is 11.3 Å². The van der Waals surface area contributed by atoms with Gasteiger partial charge in [0.25, 0.3) is 0 Å². The molecule has 0 atom stereocenters. The van der Waals surface area contributed by atoms with E-state index in [1.165, 1.54) is 37.7 Å². The second-order valence-corrected chi connectivity index (χ2v) is 5.32. The average molecular weight is 241 g/mol. The molecular formula is C17H23N. The standard InChI is InChI=1S/C17H23N/c1-14(15-8-4-2-5-9-15)12-13-17(18)16-10-6-3-7-11-16/h3,6,10,12-13,15,18H,1-2,4-5,7-9,11H2/b13-12-,18-17?. The van der Waals surface area contributed by atoms with E-state index < -0.39 is 0 Å². The van der Waals surface area contributed by atoms with Gasteiger partial charge in [-0.15, -0.1) is 0 Å². The number of rotatable bonds is 4. The minimum absolute atomic E-state index is 0.649. The highest BCUT2D eigenvalue weighted by atomic mass is 14.4. The van der Waals surface area contributed by atoms with E-state index in [0.717, 1.165) is 18.4 Å². The molecule has 0 aliphatic heterocycles. The lowest BCUT2D eigenvalue weighted by atomic mass is 9.84. The van der Waals surface area contributed by atoms with Gasteiger partial charge in [0.05, 0.1) is 5.71 Å². The Morgan fingerprint density at radius 2 is 2.00 bits per heavy atom. The van der Waals surface area contributed by atoms with Crippen LogP contribution in [0.5, 0.6) is 0 Å². The lowest BCUT2D eigenvalue weighted by Crippen LogP contribution is -2.07. The maximum absolute atomic E-state index is 8.06. The third-order valence-electron chi connectivity index (χ3n) is 3.95. The van der Waals surface area contributed by atoms with Crippen LogP contribution in [-0.2, 0) is 0 Å². The van der Waals surface area contributed by atoms with Crippen LogP contribution in [0.15, 0.2) is 48.1 Å². The zero-order valence-electron chi connectivity index (χ0n) is 11.1. The van der Waals surface area contributed by atoms with Crippen molar-refractivity contribution in [2.75, 3.05) is 0 Å². The molecule has 0 spiro atoms. The molecule has 1 heteroatoms. The number of nitrogens with one attached hydrogen (secondary N) is 1. The summed E-state index contributed by atoms with van der Waals surface area (Å²) >= 11 is 0. The Morgan fingerprint density at radius 1 is 1.22 bits per heavy atom. The highest BCUT2D eigenvalue weighted by Gasteiger charge is 2.14. The fourth-order valence-corrected chi connectivity index (χ4v) is 2.73. The van der Waals surface area contributed by atoms with Crippen LogP contribution in [0.1, 0.15) is 44.9 Å². The average Bonchev–Trinajstić information content (AvgIpc) is 2.46. The Morgan fingerprint density at radius 3 is 2.67 bits per heavy atom. The molecule has 18 heavy (non-hydrogen) atoms. The van der Waals surface area contributed by atoms with Crippen LogP contribution in [0.2, 0.25) is 0 Å². The summed E-state index contributed by atoms with van der Waals surface area (Å²) in [4.78, 5) is 0. The van der Waals surface area contributed by atoms with E-state index >= 15 is 0 Å². The van der Waals surface area contributed by atoms with E-state index in [4.69, 9.17) is 5.41 Å². The zero-order chi connectivity index (χ0) is 12.8. The third-order valence-corrected chi connectivity index (χ3v) is 3.95. The Balaban J connectivity index is 1.89. The quantitative estimate of drug-likeness (QED) is 0.530. The van der Waals surface area contributed by atoms with Crippen LogP contribution in [0.4, 0.5) is 0 Å². The van der Waals surface area contributed by atoms with E-state index in [1.807, 2.05) is 6.08 Å². The molecule has 0 bridgehead atoms. The molecule has 0 aromatic rings. The lowest BCUT2D eigenvalue weighted by molar-refractivity contribution is 0.409. The van der Waals surface area contributed by atoms with Crippen molar-refractivity contribution in [2.24, 2.45) is 5.92 Å². The lowest BCUT2D eigenvalue weighted by Gasteiger charge is -2.21. The van der Waals surface area contributed by atoms with Crippen molar-refractivity contribution in [3.05, 3.63) is 48.1 Å². The molecule has 0 aromatic heterocycles. The largest absolute Gasteiger partial charge is 0.301 e. The fourth-order valence-electron chi connectivity index (χ4n) is 2.73. The third kappa shape index (κ3) is 3.56. The first kappa shape index (κ1) is 13.1. The van der Waals surface area contributed by atoms with Crippen molar-refractivity contribution < 1.29 is 0 Å². The van der Waals surface area contributed by atoms with Crippen molar-refractivity contribution >= 4 is 5.71 Å². The molecule has 1 N–H and O–H groups in total. The maximum Gasteiger partial charge on any atom is 0.0572 e. The van der Waals surface area contributed by atoms with Gasteiger partial charge in [0, 0.05) is 0 Å². The Kier molecular flexibility index (Phi) is 4.74. The van der Waals surface area contributed by atoms with Gasteiger partial charge in [-0.3, -0.25) is 0 Å². The minimum Gasteiger partial charge on any atom is -0.301 e.